The Labute approximate surface area is 120 Å². The number of hydrogen-bond acceptors (Lipinski definition) is 4. The molecule has 1 aromatic carbocycles. The van der Waals surface area contributed by atoms with Crippen molar-refractivity contribution in [2.24, 2.45) is 0 Å². The van der Waals surface area contributed by atoms with Crippen LogP contribution >= 0.6 is 0 Å². The van der Waals surface area contributed by atoms with Gasteiger partial charge in [0.25, 0.3) is 5.91 Å². The summed E-state index contributed by atoms with van der Waals surface area (Å²) >= 11 is 0. The minimum absolute atomic E-state index is 0.0588. The van der Waals surface area contributed by atoms with E-state index in [0.717, 1.165) is 12.7 Å². The molecule has 0 heterocycles. The Hall–Kier alpha value is -1.56. The van der Waals surface area contributed by atoms with Crippen molar-refractivity contribution in [2.75, 3.05) is 19.0 Å². The zero-order valence-corrected chi connectivity index (χ0v) is 13.4. The molecule has 0 aliphatic carbocycles. The van der Waals surface area contributed by atoms with E-state index in [2.05, 4.69) is 0 Å². The molecule has 1 amide bonds. The topological polar surface area (TPSA) is 80.5 Å². The van der Waals surface area contributed by atoms with Crippen LogP contribution in [0.25, 0.3) is 0 Å². The van der Waals surface area contributed by atoms with Gasteiger partial charge in [0, 0.05) is 30.1 Å². The molecule has 0 aromatic heterocycles. The maximum absolute atomic E-state index is 12.5. The average molecular weight is 298 g/mol. The first-order chi connectivity index (χ1) is 8.99. The van der Waals surface area contributed by atoms with Gasteiger partial charge in [-0.2, -0.15) is 0 Å². The summed E-state index contributed by atoms with van der Waals surface area (Å²) in [6, 6.07) is 4.23. The monoisotopic (exact) mass is 298 g/mol. The van der Waals surface area contributed by atoms with Crippen LogP contribution in [0.5, 0.6) is 0 Å². The van der Waals surface area contributed by atoms with Crippen LogP contribution in [0.2, 0.25) is 0 Å². The predicted octanol–water partition coefficient (Wildman–Crippen LogP) is 1.93. The minimum atomic E-state index is -3.40. The van der Waals surface area contributed by atoms with Crippen LogP contribution in [0.4, 0.5) is 5.69 Å². The fourth-order valence-electron chi connectivity index (χ4n) is 1.67. The van der Waals surface area contributed by atoms with Gasteiger partial charge in [-0.1, -0.05) is 6.92 Å². The molecule has 0 atom stereocenters. The zero-order chi connectivity index (χ0) is 15.7. The number of rotatable bonds is 4. The van der Waals surface area contributed by atoms with Crippen LogP contribution in [-0.2, 0) is 9.84 Å². The van der Waals surface area contributed by atoms with Crippen molar-refractivity contribution in [3.05, 3.63) is 23.8 Å². The Balaban J connectivity index is 3.28. The summed E-state index contributed by atoms with van der Waals surface area (Å²) in [6.45, 7) is 5.90. The van der Waals surface area contributed by atoms with Crippen LogP contribution < -0.4 is 5.73 Å². The molecule has 6 heteroatoms. The molecule has 2 N–H and O–H groups in total. The van der Waals surface area contributed by atoms with Crippen molar-refractivity contribution >= 4 is 21.4 Å². The molecule has 0 fully saturated rings. The lowest BCUT2D eigenvalue weighted by Gasteiger charge is -2.35. The van der Waals surface area contributed by atoms with E-state index in [1.54, 1.807) is 11.9 Å². The molecule has 0 saturated carbocycles. The van der Waals surface area contributed by atoms with Gasteiger partial charge in [0.05, 0.1) is 4.90 Å². The van der Waals surface area contributed by atoms with Crippen LogP contribution in [0, 0.1) is 0 Å². The van der Waals surface area contributed by atoms with E-state index in [-0.39, 0.29) is 27.6 Å². The highest BCUT2D eigenvalue weighted by molar-refractivity contribution is 7.90. The number of amides is 1. The maximum Gasteiger partial charge on any atom is 0.254 e. The summed E-state index contributed by atoms with van der Waals surface area (Å²) in [6.07, 6.45) is 1.88. The number of benzene rings is 1. The third kappa shape index (κ3) is 3.50. The third-order valence-corrected chi connectivity index (χ3v) is 4.77. The van der Waals surface area contributed by atoms with E-state index in [0.29, 0.717) is 0 Å². The maximum atomic E-state index is 12.5. The van der Waals surface area contributed by atoms with E-state index < -0.39 is 9.84 Å². The van der Waals surface area contributed by atoms with Crippen molar-refractivity contribution in [2.45, 2.75) is 37.6 Å². The normalized spacial score (nSPS) is 12.2. The first-order valence-electron chi connectivity index (χ1n) is 6.38. The molecule has 20 heavy (non-hydrogen) atoms. The molecule has 0 aliphatic rings. The van der Waals surface area contributed by atoms with Crippen molar-refractivity contribution in [3.8, 4) is 0 Å². The van der Waals surface area contributed by atoms with Crippen molar-refractivity contribution in [3.63, 3.8) is 0 Å². The molecule has 112 valence electrons. The lowest BCUT2D eigenvalue weighted by molar-refractivity contribution is 0.0620. The van der Waals surface area contributed by atoms with Gasteiger partial charge in [0.1, 0.15) is 0 Å². The Morgan fingerprint density at radius 1 is 1.30 bits per heavy atom. The Kier molecular flexibility index (Phi) is 4.49. The van der Waals surface area contributed by atoms with Crippen molar-refractivity contribution in [1.82, 2.24) is 4.90 Å². The number of carbonyl (C=O) groups is 1. The number of sulfone groups is 1. The first kappa shape index (κ1) is 16.5. The quantitative estimate of drug-likeness (QED) is 0.861. The molecule has 5 nitrogen and oxygen atoms in total. The molecule has 1 aromatic rings. The highest BCUT2D eigenvalue weighted by atomic mass is 32.2. The minimum Gasteiger partial charge on any atom is -0.399 e. The zero-order valence-electron chi connectivity index (χ0n) is 12.6. The number of nitrogens with two attached hydrogens (primary N) is 1. The summed E-state index contributed by atoms with van der Waals surface area (Å²) in [5, 5.41) is 0. The molecule has 0 spiro atoms. The largest absolute Gasteiger partial charge is 0.399 e. The first-order valence-corrected chi connectivity index (χ1v) is 8.27. The van der Waals surface area contributed by atoms with E-state index in [9.17, 15) is 13.2 Å². The van der Waals surface area contributed by atoms with Gasteiger partial charge < -0.3 is 10.6 Å². The highest BCUT2D eigenvalue weighted by Gasteiger charge is 2.27. The van der Waals surface area contributed by atoms with Gasteiger partial charge in [-0.15, -0.1) is 0 Å². The van der Waals surface area contributed by atoms with Crippen LogP contribution in [0.1, 0.15) is 37.6 Å². The predicted molar refractivity (Wildman–Crippen MR) is 80.4 cm³/mol. The Morgan fingerprint density at radius 3 is 2.30 bits per heavy atom. The summed E-state index contributed by atoms with van der Waals surface area (Å²) in [7, 11) is -1.70. The molecule has 0 unspecified atom stereocenters. The summed E-state index contributed by atoms with van der Waals surface area (Å²) in [4.78, 5) is 14.1. The fourth-order valence-corrected chi connectivity index (χ4v) is 2.36. The molecule has 1 rings (SSSR count). The second-order valence-electron chi connectivity index (χ2n) is 5.59. The lowest BCUT2D eigenvalue weighted by Crippen LogP contribution is -2.44. The second-order valence-corrected chi connectivity index (χ2v) is 7.61. The van der Waals surface area contributed by atoms with Crippen LogP contribution in [0.15, 0.2) is 23.1 Å². The lowest BCUT2D eigenvalue weighted by atomic mass is 9.99. The average Bonchev–Trinajstić information content (AvgIpc) is 2.35. The number of carbonyl (C=O) groups excluding carboxylic acids is 1. The third-order valence-electron chi connectivity index (χ3n) is 3.68. The standard InChI is InChI=1S/C14H22N2O3S/c1-6-14(2,3)16(4)13(17)10-7-11(15)9-12(8-10)20(5,18)19/h7-9H,6,15H2,1-5H3. The second kappa shape index (κ2) is 5.44. The van der Waals surface area contributed by atoms with Crippen LogP contribution in [-0.4, -0.2) is 38.1 Å². The van der Waals surface area contributed by atoms with E-state index in [1.165, 1.54) is 18.2 Å². The van der Waals surface area contributed by atoms with Gasteiger partial charge in [-0.25, -0.2) is 8.42 Å². The van der Waals surface area contributed by atoms with Crippen molar-refractivity contribution < 1.29 is 13.2 Å². The molecular formula is C14H22N2O3S. The SMILES string of the molecule is CCC(C)(C)N(C)C(=O)c1cc(N)cc(S(C)(=O)=O)c1. The number of nitrogens with zero attached hydrogens (tertiary/aromatic N) is 1. The molecule has 0 bridgehead atoms. The van der Waals surface area contributed by atoms with E-state index in [1.807, 2.05) is 20.8 Å². The fraction of sp³-hybridized carbons (Fsp3) is 0.500. The number of anilines is 1. The molecule has 0 aliphatic heterocycles. The number of nitrogen functional groups attached to an aromatic ring is 1. The number of hydrogen-bond donors (Lipinski definition) is 1. The summed E-state index contributed by atoms with van der Waals surface area (Å²) < 4.78 is 23.2. The van der Waals surface area contributed by atoms with Crippen LogP contribution in [0.3, 0.4) is 0 Å². The summed E-state index contributed by atoms with van der Waals surface area (Å²) in [5.74, 6) is -0.242. The van der Waals surface area contributed by atoms with Gasteiger partial charge in [0.15, 0.2) is 9.84 Å². The molecular weight excluding hydrogens is 276 g/mol. The van der Waals surface area contributed by atoms with Crippen molar-refractivity contribution in [1.29, 1.82) is 0 Å². The smallest absolute Gasteiger partial charge is 0.254 e. The summed E-state index contributed by atoms with van der Waals surface area (Å²) in [5.41, 5.74) is 5.94. The van der Waals surface area contributed by atoms with Gasteiger partial charge in [0.2, 0.25) is 0 Å². The van der Waals surface area contributed by atoms with Gasteiger partial charge >= 0.3 is 0 Å². The molecule has 0 radical (unpaired) electrons. The van der Waals surface area contributed by atoms with Gasteiger partial charge in [-0.3, -0.25) is 4.79 Å². The Bertz CT molecular complexity index is 621. The highest BCUT2D eigenvalue weighted by Crippen LogP contribution is 2.22. The molecule has 0 saturated heterocycles. The van der Waals surface area contributed by atoms with Gasteiger partial charge in [-0.05, 0) is 38.5 Å². The van der Waals surface area contributed by atoms with E-state index in [4.69, 9.17) is 5.73 Å². The Morgan fingerprint density at radius 2 is 1.85 bits per heavy atom. The van der Waals surface area contributed by atoms with E-state index >= 15 is 0 Å².